The third kappa shape index (κ3) is 2.53. The van der Waals surface area contributed by atoms with Crippen LogP contribution in [0.2, 0.25) is 0 Å². The van der Waals surface area contributed by atoms with Crippen LogP contribution in [0.4, 0.5) is 10.1 Å². The Morgan fingerprint density at radius 2 is 2.00 bits per heavy atom. The standard InChI is InChI=1S/C12H14FN3O2/c1-17-10-5-8(13)9(6-11(10)18-2)16-7-12-14-3-4-15-12/h3-6,16H,7H2,1-2H3,(H,14,15). The van der Waals surface area contributed by atoms with Crippen LogP contribution in [-0.4, -0.2) is 24.2 Å². The van der Waals surface area contributed by atoms with E-state index in [1.807, 2.05) is 0 Å². The number of hydrogen-bond donors (Lipinski definition) is 2. The molecule has 0 aliphatic carbocycles. The lowest BCUT2D eigenvalue weighted by molar-refractivity contribution is 0.352. The first-order valence-electron chi connectivity index (χ1n) is 5.38. The van der Waals surface area contributed by atoms with Crippen LogP contribution in [0.1, 0.15) is 5.82 Å². The van der Waals surface area contributed by atoms with E-state index < -0.39 is 5.82 Å². The minimum absolute atomic E-state index is 0.337. The molecule has 0 atom stereocenters. The van der Waals surface area contributed by atoms with Gasteiger partial charge >= 0.3 is 0 Å². The summed E-state index contributed by atoms with van der Waals surface area (Å²) in [6, 6.07) is 2.83. The Hall–Kier alpha value is -2.24. The van der Waals surface area contributed by atoms with Crippen LogP contribution >= 0.6 is 0 Å². The summed E-state index contributed by atoms with van der Waals surface area (Å²) in [6.07, 6.45) is 3.35. The molecule has 6 heteroatoms. The van der Waals surface area contributed by atoms with Crippen LogP contribution in [0.25, 0.3) is 0 Å². The molecular weight excluding hydrogens is 237 g/mol. The Kier molecular flexibility index (Phi) is 3.66. The molecule has 0 saturated carbocycles. The molecule has 0 amide bonds. The number of imidazole rings is 1. The van der Waals surface area contributed by atoms with Crippen LogP contribution in [-0.2, 0) is 6.54 Å². The van der Waals surface area contributed by atoms with Gasteiger partial charge in [-0.15, -0.1) is 0 Å². The fraction of sp³-hybridized carbons (Fsp3) is 0.250. The number of halogens is 1. The highest BCUT2D eigenvalue weighted by atomic mass is 19.1. The van der Waals surface area contributed by atoms with E-state index >= 15 is 0 Å². The zero-order valence-corrected chi connectivity index (χ0v) is 10.2. The van der Waals surface area contributed by atoms with Gasteiger partial charge in [-0.2, -0.15) is 0 Å². The Labute approximate surface area is 104 Å². The minimum Gasteiger partial charge on any atom is -0.493 e. The number of benzene rings is 1. The summed E-state index contributed by atoms with van der Waals surface area (Å²) < 4.78 is 23.9. The first-order chi connectivity index (χ1) is 8.74. The Bertz CT molecular complexity index is 514. The Morgan fingerprint density at radius 1 is 1.28 bits per heavy atom. The van der Waals surface area contributed by atoms with Gasteiger partial charge in [-0.05, 0) is 0 Å². The van der Waals surface area contributed by atoms with Crippen molar-refractivity contribution in [3.05, 3.63) is 36.2 Å². The van der Waals surface area contributed by atoms with Gasteiger partial charge in [-0.3, -0.25) is 0 Å². The number of methoxy groups -OCH3 is 2. The molecule has 0 fully saturated rings. The molecule has 1 aromatic carbocycles. The average Bonchev–Trinajstić information content (AvgIpc) is 2.90. The van der Waals surface area contributed by atoms with E-state index in [0.717, 1.165) is 5.82 Å². The molecule has 2 N–H and O–H groups in total. The van der Waals surface area contributed by atoms with Crippen molar-refractivity contribution in [3.63, 3.8) is 0 Å². The van der Waals surface area contributed by atoms with Gasteiger partial charge in [0.05, 0.1) is 26.5 Å². The highest BCUT2D eigenvalue weighted by Gasteiger charge is 2.11. The number of H-pyrrole nitrogens is 1. The van der Waals surface area contributed by atoms with E-state index in [0.29, 0.717) is 23.7 Å². The first-order valence-corrected chi connectivity index (χ1v) is 5.38. The van der Waals surface area contributed by atoms with Crippen molar-refractivity contribution in [1.82, 2.24) is 9.97 Å². The largest absolute Gasteiger partial charge is 0.493 e. The minimum atomic E-state index is -0.404. The van der Waals surface area contributed by atoms with Gasteiger partial charge in [0.2, 0.25) is 0 Å². The summed E-state index contributed by atoms with van der Waals surface area (Å²) in [4.78, 5) is 6.97. The predicted octanol–water partition coefficient (Wildman–Crippen LogP) is 2.18. The summed E-state index contributed by atoms with van der Waals surface area (Å²) in [5.74, 6) is 1.16. The van der Waals surface area contributed by atoms with Crippen molar-refractivity contribution in [1.29, 1.82) is 0 Å². The van der Waals surface area contributed by atoms with Gasteiger partial charge in [0.1, 0.15) is 11.6 Å². The van der Waals surface area contributed by atoms with Crippen LogP contribution in [0.3, 0.4) is 0 Å². The van der Waals surface area contributed by atoms with Gasteiger partial charge in [0.15, 0.2) is 11.5 Å². The fourth-order valence-electron chi connectivity index (χ4n) is 1.56. The monoisotopic (exact) mass is 251 g/mol. The second-order valence-electron chi connectivity index (χ2n) is 3.58. The molecule has 18 heavy (non-hydrogen) atoms. The molecule has 2 aromatic rings. The van der Waals surface area contributed by atoms with Crippen molar-refractivity contribution in [3.8, 4) is 11.5 Å². The third-order valence-electron chi connectivity index (χ3n) is 2.47. The lowest BCUT2D eigenvalue weighted by atomic mass is 10.2. The number of hydrogen-bond acceptors (Lipinski definition) is 4. The number of aromatic amines is 1. The van der Waals surface area contributed by atoms with Crippen LogP contribution in [0.5, 0.6) is 11.5 Å². The summed E-state index contributed by atoms with van der Waals surface area (Å²) in [5, 5.41) is 2.94. The average molecular weight is 251 g/mol. The second kappa shape index (κ2) is 5.39. The maximum atomic E-state index is 13.8. The highest BCUT2D eigenvalue weighted by molar-refractivity contribution is 5.55. The third-order valence-corrected chi connectivity index (χ3v) is 2.47. The number of nitrogens with one attached hydrogen (secondary N) is 2. The van der Waals surface area contributed by atoms with Crippen molar-refractivity contribution in [2.24, 2.45) is 0 Å². The van der Waals surface area contributed by atoms with Gasteiger partial charge in [0.25, 0.3) is 0 Å². The van der Waals surface area contributed by atoms with E-state index in [9.17, 15) is 4.39 Å². The first kappa shape index (κ1) is 12.2. The van der Waals surface area contributed by atoms with E-state index in [1.54, 1.807) is 18.5 Å². The van der Waals surface area contributed by atoms with E-state index in [-0.39, 0.29) is 0 Å². The quantitative estimate of drug-likeness (QED) is 0.855. The Balaban J connectivity index is 2.17. The molecular formula is C12H14FN3O2. The number of ether oxygens (including phenoxy) is 2. The maximum Gasteiger partial charge on any atom is 0.163 e. The Morgan fingerprint density at radius 3 is 2.61 bits per heavy atom. The van der Waals surface area contributed by atoms with Crippen LogP contribution in [0, 0.1) is 5.82 Å². The van der Waals surface area contributed by atoms with Crippen molar-refractivity contribution < 1.29 is 13.9 Å². The molecule has 2 rings (SSSR count). The van der Waals surface area contributed by atoms with Crippen LogP contribution in [0.15, 0.2) is 24.5 Å². The van der Waals surface area contributed by atoms with Gasteiger partial charge in [0, 0.05) is 24.5 Å². The van der Waals surface area contributed by atoms with E-state index in [2.05, 4.69) is 15.3 Å². The molecule has 0 bridgehead atoms. The highest BCUT2D eigenvalue weighted by Crippen LogP contribution is 2.32. The van der Waals surface area contributed by atoms with Crippen LogP contribution < -0.4 is 14.8 Å². The predicted molar refractivity (Wildman–Crippen MR) is 65.4 cm³/mol. The molecule has 0 saturated heterocycles. The number of nitrogens with zero attached hydrogens (tertiary/aromatic N) is 1. The lowest BCUT2D eigenvalue weighted by Gasteiger charge is -2.11. The van der Waals surface area contributed by atoms with Gasteiger partial charge in [-0.25, -0.2) is 9.37 Å². The molecule has 1 aromatic heterocycles. The molecule has 0 radical (unpaired) electrons. The molecule has 0 aliphatic rings. The number of anilines is 1. The maximum absolute atomic E-state index is 13.8. The van der Waals surface area contributed by atoms with Crippen molar-refractivity contribution >= 4 is 5.69 Å². The summed E-state index contributed by atoms with van der Waals surface area (Å²) >= 11 is 0. The lowest BCUT2D eigenvalue weighted by Crippen LogP contribution is -2.04. The second-order valence-corrected chi connectivity index (χ2v) is 3.58. The zero-order valence-electron chi connectivity index (χ0n) is 10.2. The summed E-state index contributed by atoms with van der Waals surface area (Å²) in [5.41, 5.74) is 0.337. The smallest absolute Gasteiger partial charge is 0.163 e. The normalized spacial score (nSPS) is 10.2. The summed E-state index contributed by atoms with van der Waals surface area (Å²) in [6.45, 7) is 0.402. The number of rotatable bonds is 5. The SMILES string of the molecule is COc1cc(F)c(NCc2ncc[nH]2)cc1OC. The molecule has 5 nitrogen and oxygen atoms in total. The number of aromatic nitrogens is 2. The van der Waals surface area contributed by atoms with Crippen molar-refractivity contribution in [2.45, 2.75) is 6.54 Å². The van der Waals surface area contributed by atoms with Crippen molar-refractivity contribution in [2.75, 3.05) is 19.5 Å². The fourth-order valence-corrected chi connectivity index (χ4v) is 1.56. The van der Waals surface area contributed by atoms with Gasteiger partial charge < -0.3 is 19.8 Å². The molecule has 0 spiro atoms. The van der Waals surface area contributed by atoms with E-state index in [1.165, 1.54) is 20.3 Å². The zero-order chi connectivity index (χ0) is 13.0. The van der Waals surface area contributed by atoms with Gasteiger partial charge in [-0.1, -0.05) is 0 Å². The molecule has 0 aliphatic heterocycles. The summed E-state index contributed by atoms with van der Waals surface area (Å²) in [7, 11) is 2.97. The van der Waals surface area contributed by atoms with E-state index in [4.69, 9.17) is 9.47 Å². The molecule has 0 unspecified atom stereocenters. The topological polar surface area (TPSA) is 59.2 Å². The molecule has 96 valence electrons. The molecule has 1 heterocycles.